The molecule has 0 aromatic carbocycles. The van der Waals surface area contributed by atoms with Crippen molar-refractivity contribution in [3.63, 3.8) is 0 Å². The maximum Gasteiger partial charge on any atom is 0.0308 e. The Morgan fingerprint density at radius 3 is 2.47 bits per heavy atom. The van der Waals surface area contributed by atoms with Crippen molar-refractivity contribution in [2.24, 2.45) is 5.41 Å². The Labute approximate surface area is 119 Å². The minimum absolute atomic E-state index is 0.483. The molecule has 0 unspecified atom stereocenters. The van der Waals surface area contributed by atoms with E-state index in [1.807, 2.05) is 0 Å². The topological polar surface area (TPSA) is 15.3 Å². The van der Waals surface area contributed by atoms with Gasteiger partial charge in [-0.25, -0.2) is 0 Å². The molecule has 3 fully saturated rings. The highest BCUT2D eigenvalue weighted by Crippen LogP contribution is 2.50. The highest BCUT2D eigenvalue weighted by atomic mass is 15.2. The van der Waals surface area contributed by atoms with E-state index in [0.29, 0.717) is 5.54 Å². The van der Waals surface area contributed by atoms with Gasteiger partial charge in [-0.15, -0.1) is 0 Å². The van der Waals surface area contributed by atoms with Gasteiger partial charge in [0.1, 0.15) is 0 Å². The molecule has 0 aromatic heterocycles. The lowest BCUT2D eigenvalue weighted by Crippen LogP contribution is -2.53. The van der Waals surface area contributed by atoms with Gasteiger partial charge in [0.25, 0.3) is 0 Å². The molecular weight excluding hydrogens is 232 g/mol. The van der Waals surface area contributed by atoms with Crippen molar-refractivity contribution in [3.05, 3.63) is 0 Å². The van der Waals surface area contributed by atoms with Crippen LogP contribution in [0.25, 0.3) is 0 Å². The van der Waals surface area contributed by atoms with E-state index in [1.54, 1.807) is 0 Å². The molecule has 1 heterocycles. The lowest BCUT2D eigenvalue weighted by molar-refractivity contribution is 0.141. The van der Waals surface area contributed by atoms with Crippen molar-refractivity contribution >= 4 is 0 Å². The van der Waals surface area contributed by atoms with E-state index >= 15 is 0 Å². The smallest absolute Gasteiger partial charge is 0.0308 e. The molecule has 2 saturated carbocycles. The van der Waals surface area contributed by atoms with Crippen LogP contribution in [0.2, 0.25) is 0 Å². The quantitative estimate of drug-likeness (QED) is 0.835. The third-order valence-electron chi connectivity index (χ3n) is 5.78. The zero-order chi connectivity index (χ0) is 13.2. The summed E-state index contributed by atoms with van der Waals surface area (Å²) in [6.07, 6.45) is 14.4. The number of nitrogens with one attached hydrogen (secondary N) is 1. The average molecular weight is 264 g/mol. The predicted molar refractivity (Wildman–Crippen MR) is 81.5 cm³/mol. The predicted octanol–water partition coefficient (Wildman–Crippen LogP) is 3.56. The molecule has 0 atom stereocenters. The Morgan fingerprint density at radius 1 is 1.00 bits per heavy atom. The molecule has 2 nitrogen and oxygen atoms in total. The lowest BCUT2D eigenvalue weighted by Gasteiger charge is -2.41. The minimum atomic E-state index is 0.483. The maximum atomic E-state index is 3.92. The zero-order valence-corrected chi connectivity index (χ0v) is 12.8. The van der Waals surface area contributed by atoms with Crippen LogP contribution in [0.5, 0.6) is 0 Å². The summed E-state index contributed by atoms with van der Waals surface area (Å²) in [6.45, 7) is 7.66. The van der Waals surface area contributed by atoms with Crippen LogP contribution in [0, 0.1) is 5.41 Å². The summed E-state index contributed by atoms with van der Waals surface area (Å²) in [6, 6.07) is 0. The average Bonchev–Trinajstić information content (AvgIpc) is 3.17. The molecule has 0 amide bonds. The zero-order valence-electron chi connectivity index (χ0n) is 12.8. The molecule has 1 aliphatic heterocycles. The second-order valence-corrected chi connectivity index (χ2v) is 7.58. The number of rotatable bonds is 4. The van der Waals surface area contributed by atoms with Crippen LogP contribution in [-0.2, 0) is 0 Å². The van der Waals surface area contributed by atoms with Crippen molar-refractivity contribution in [2.45, 2.75) is 76.7 Å². The van der Waals surface area contributed by atoms with Crippen molar-refractivity contribution in [3.8, 4) is 0 Å². The third-order valence-corrected chi connectivity index (χ3v) is 5.78. The molecule has 1 N–H and O–H groups in total. The summed E-state index contributed by atoms with van der Waals surface area (Å²) in [4.78, 5) is 2.83. The molecule has 3 rings (SSSR count). The van der Waals surface area contributed by atoms with Crippen LogP contribution >= 0.6 is 0 Å². The number of nitrogens with zero attached hydrogens (tertiary/aromatic N) is 1. The summed E-state index contributed by atoms with van der Waals surface area (Å²) in [7, 11) is 0. The van der Waals surface area contributed by atoms with Crippen molar-refractivity contribution in [2.75, 3.05) is 26.2 Å². The van der Waals surface area contributed by atoms with Crippen LogP contribution in [0.4, 0.5) is 0 Å². The fraction of sp³-hybridized carbons (Fsp3) is 1.00. The summed E-state index contributed by atoms with van der Waals surface area (Å²) in [5.41, 5.74) is 1.21. The second kappa shape index (κ2) is 5.73. The standard InChI is InChI=1S/C17H32N2/c1-2-7-16(10-11-16)14-19-13-6-12-18-17(15-19)8-4-3-5-9-17/h18H,2-15H2,1H3. The Hall–Kier alpha value is -0.0800. The van der Waals surface area contributed by atoms with E-state index in [4.69, 9.17) is 0 Å². The molecule has 2 heteroatoms. The van der Waals surface area contributed by atoms with E-state index in [-0.39, 0.29) is 0 Å². The SMILES string of the molecule is CCCC1(CN2CCCNC3(CCCCC3)C2)CC1. The van der Waals surface area contributed by atoms with Gasteiger partial charge in [0, 0.05) is 18.6 Å². The highest BCUT2D eigenvalue weighted by Gasteiger charge is 2.44. The van der Waals surface area contributed by atoms with E-state index in [0.717, 1.165) is 5.41 Å². The molecule has 0 bridgehead atoms. The first kappa shape index (κ1) is 13.9. The molecule has 0 radical (unpaired) electrons. The van der Waals surface area contributed by atoms with Gasteiger partial charge >= 0.3 is 0 Å². The van der Waals surface area contributed by atoms with Gasteiger partial charge in [0.2, 0.25) is 0 Å². The third kappa shape index (κ3) is 3.33. The van der Waals surface area contributed by atoms with Crippen LogP contribution in [0.3, 0.4) is 0 Å². The van der Waals surface area contributed by atoms with Crippen LogP contribution in [0.15, 0.2) is 0 Å². The van der Waals surface area contributed by atoms with E-state index < -0.39 is 0 Å². The van der Waals surface area contributed by atoms with E-state index in [2.05, 4.69) is 17.1 Å². The first-order chi connectivity index (χ1) is 9.26. The monoisotopic (exact) mass is 264 g/mol. The van der Waals surface area contributed by atoms with Gasteiger partial charge in [0.15, 0.2) is 0 Å². The summed E-state index contributed by atoms with van der Waals surface area (Å²) >= 11 is 0. The van der Waals surface area contributed by atoms with Gasteiger partial charge in [-0.05, 0) is 57.0 Å². The lowest BCUT2D eigenvalue weighted by atomic mass is 9.81. The first-order valence-corrected chi connectivity index (χ1v) is 8.73. The molecular formula is C17H32N2. The van der Waals surface area contributed by atoms with Gasteiger partial charge in [0.05, 0.1) is 0 Å². The van der Waals surface area contributed by atoms with Gasteiger partial charge in [-0.3, -0.25) is 0 Å². The summed E-state index contributed by atoms with van der Waals surface area (Å²) in [5, 5.41) is 3.92. The molecule has 1 spiro atoms. The summed E-state index contributed by atoms with van der Waals surface area (Å²) < 4.78 is 0. The molecule has 3 aliphatic rings. The largest absolute Gasteiger partial charge is 0.310 e. The molecule has 2 aliphatic carbocycles. The minimum Gasteiger partial charge on any atom is -0.310 e. The molecule has 110 valence electrons. The molecule has 19 heavy (non-hydrogen) atoms. The van der Waals surface area contributed by atoms with E-state index in [1.165, 1.54) is 90.4 Å². The Bertz CT molecular complexity index is 290. The Balaban J connectivity index is 1.61. The van der Waals surface area contributed by atoms with Crippen LogP contribution < -0.4 is 5.32 Å². The summed E-state index contributed by atoms with van der Waals surface area (Å²) in [5.74, 6) is 0. The van der Waals surface area contributed by atoms with Gasteiger partial charge in [-0.1, -0.05) is 32.6 Å². The Kier molecular flexibility index (Phi) is 4.19. The number of hydrogen-bond donors (Lipinski definition) is 1. The fourth-order valence-electron chi connectivity index (χ4n) is 4.59. The normalized spacial score (nSPS) is 30.2. The van der Waals surface area contributed by atoms with Gasteiger partial charge < -0.3 is 10.2 Å². The Morgan fingerprint density at radius 2 is 1.79 bits per heavy atom. The van der Waals surface area contributed by atoms with Crippen LogP contribution in [-0.4, -0.2) is 36.6 Å². The van der Waals surface area contributed by atoms with Crippen molar-refractivity contribution < 1.29 is 0 Å². The van der Waals surface area contributed by atoms with Gasteiger partial charge in [-0.2, -0.15) is 0 Å². The first-order valence-electron chi connectivity index (χ1n) is 8.73. The van der Waals surface area contributed by atoms with Crippen molar-refractivity contribution in [1.82, 2.24) is 10.2 Å². The highest BCUT2D eigenvalue weighted by molar-refractivity contribution is 5.00. The molecule has 1 saturated heterocycles. The van der Waals surface area contributed by atoms with Crippen LogP contribution in [0.1, 0.15) is 71.1 Å². The molecule has 0 aromatic rings. The maximum absolute atomic E-state index is 3.92. The fourth-order valence-corrected chi connectivity index (χ4v) is 4.59. The second-order valence-electron chi connectivity index (χ2n) is 7.58. The number of hydrogen-bond acceptors (Lipinski definition) is 2. The van der Waals surface area contributed by atoms with Crippen molar-refractivity contribution in [1.29, 1.82) is 0 Å². The van der Waals surface area contributed by atoms with E-state index in [9.17, 15) is 0 Å².